The van der Waals surface area contributed by atoms with Gasteiger partial charge in [-0.2, -0.15) is 0 Å². The third-order valence-electron chi connectivity index (χ3n) is 4.72. The van der Waals surface area contributed by atoms with Crippen molar-refractivity contribution in [2.75, 3.05) is 10.6 Å². The smallest absolute Gasteiger partial charge is 0.307 e. The number of aliphatic carboxylic acids is 1. The molecule has 0 aromatic heterocycles. The van der Waals surface area contributed by atoms with E-state index in [0.717, 1.165) is 0 Å². The summed E-state index contributed by atoms with van der Waals surface area (Å²) in [6, 6.07) is 11.3. The largest absolute Gasteiger partial charge is 0.481 e. The molecule has 29 heavy (non-hydrogen) atoms. The number of nitrogens with one attached hydrogen (secondary N) is 2. The van der Waals surface area contributed by atoms with Gasteiger partial charge in [-0.25, -0.2) is 0 Å². The zero-order valence-corrected chi connectivity index (χ0v) is 16.7. The summed E-state index contributed by atoms with van der Waals surface area (Å²) in [4.78, 5) is 37.0. The molecule has 2 atom stereocenters. The molecular weight excluding hydrogens is 415 g/mol. The van der Waals surface area contributed by atoms with E-state index in [0.29, 0.717) is 23.6 Å². The average Bonchev–Trinajstić information content (AvgIpc) is 2.71. The van der Waals surface area contributed by atoms with E-state index >= 15 is 0 Å². The molecule has 0 fully saturated rings. The number of carbonyl (C=O) groups is 3. The molecule has 0 saturated carbocycles. The Morgan fingerprint density at radius 1 is 0.862 bits per heavy atom. The SMILES string of the molecule is O=C(Nc1cccc(Cl)c1Cl)c1ccccc1NC(=O)[C@@H]1CC=CC[C@@H]1C(=O)O. The van der Waals surface area contributed by atoms with Crippen LogP contribution in [0.15, 0.2) is 54.6 Å². The number of anilines is 2. The molecule has 1 aliphatic rings. The molecule has 0 bridgehead atoms. The quantitative estimate of drug-likeness (QED) is 0.588. The van der Waals surface area contributed by atoms with Crippen molar-refractivity contribution in [2.45, 2.75) is 12.8 Å². The van der Waals surface area contributed by atoms with E-state index in [9.17, 15) is 19.5 Å². The molecule has 0 saturated heterocycles. The maximum atomic E-state index is 12.8. The van der Waals surface area contributed by atoms with Crippen LogP contribution in [0.1, 0.15) is 23.2 Å². The summed E-state index contributed by atoms with van der Waals surface area (Å²) in [5.74, 6) is -3.45. The van der Waals surface area contributed by atoms with E-state index in [4.69, 9.17) is 23.2 Å². The number of allylic oxidation sites excluding steroid dienone is 2. The second-order valence-corrected chi connectivity index (χ2v) is 7.37. The maximum Gasteiger partial charge on any atom is 0.307 e. The first-order valence-electron chi connectivity index (χ1n) is 8.91. The Labute approximate surface area is 177 Å². The lowest BCUT2D eigenvalue weighted by atomic mass is 9.82. The fraction of sp³-hybridized carbons (Fsp3) is 0.190. The van der Waals surface area contributed by atoms with Crippen molar-refractivity contribution in [3.05, 3.63) is 70.2 Å². The van der Waals surface area contributed by atoms with Crippen LogP contribution in [0.4, 0.5) is 11.4 Å². The average molecular weight is 433 g/mol. The normalized spacial score (nSPS) is 18.1. The van der Waals surface area contributed by atoms with Gasteiger partial charge in [-0.15, -0.1) is 0 Å². The highest BCUT2D eigenvalue weighted by Crippen LogP contribution is 2.31. The Morgan fingerprint density at radius 2 is 1.52 bits per heavy atom. The number of amides is 2. The molecule has 2 aromatic rings. The van der Waals surface area contributed by atoms with Gasteiger partial charge < -0.3 is 15.7 Å². The van der Waals surface area contributed by atoms with Gasteiger partial charge in [-0.1, -0.05) is 53.6 Å². The summed E-state index contributed by atoms with van der Waals surface area (Å²) < 4.78 is 0. The van der Waals surface area contributed by atoms with Gasteiger partial charge in [-0.05, 0) is 37.1 Å². The molecular formula is C21H18Cl2N2O4. The van der Waals surface area contributed by atoms with Gasteiger partial charge in [0, 0.05) is 0 Å². The van der Waals surface area contributed by atoms with Crippen molar-refractivity contribution in [3.8, 4) is 0 Å². The molecule has 1 aliphatic carbocycles. The minimum atomic E-state index is -1.02. The van der Waals surface area contributed by atoms with E-state index in [1.165, 1.54) is 0 Å². The molecule has 0 heterocycles. The predicted octanol–water partition coefficient (Wildman–Crippen LogP) is 4.85. The first kappa shape index (κ1) is 20.9. The minimum Gasteiger partial charge on any atom is -0.481 e. The van der Waals surface area contributed by atoms with Crippen LogP contribution in [0.3, 0.4) is 0 Å². The van der Waals surface area contributed by atoms with Gasteiger partial charge in [0.15, 0.2) is 0 Å². The Kier molecular flexibility index (Phi) is 6.56. The minimum absolute atomic E-state index is 0.210. The summed E-state index contributed by atoms with van der Waals surface area (Å²) in [5, 5.41) is 15.3. The third kappa shape index (κ3) is 4.78. The first-order chi connectivity index (χ1) is 13.9. The molecule has 0 spiro atoms. The van der Waals surface area contributed by atoms with Crippen molar-refractivity contribution in [3.63, 3.8) is 0 Å². The van der Waals surface area contributed by atoms with Crippen molar-refractivity contribution in [1.82, 2.24) is 0 Å². The number of hydrogen-bond acceptors (Lipinski definition) is 3. The number of carboxylic acid groups (broad SMARTS) is 1. The first-order valence-corrected chi connectivity index (χ1v) is 9.67. The molecule has 0 radical (unpaired) electrons. The maximum absolute atomic E-state index is 12.8. The molecule has 2 amide bonds. The van der Waals surface area contributed by atoms with Crippen LogP contribution in [-0.2, 0) is 9.59 Å². The van der Waals surface area contributed by atoms with E-state index in [2.05, 4.69) is 10.6 Å². The topological polar surface area (TPSA) is 95.5 Å². The molecule has 3 rings (SSSR count). The van der Waals surface area contributed by atoms with E-state index in [1.54, 1.807) is 54.6 Å². The number of para-hydroxylation sites is 1. The summed E-state index contributed by atoms with van der Waals surface area (Å²) in [5.41, 5.74) is 0.843. The van der Waals surface area contributed by atoms with Gasteiger partial charge in [0.05, 0.1) is 38.8 Å². The van der Waals surface area contributed by atoms with Crippen LogP contribution < -0.4 is 10.6 Å². The Hall–Kier alpha value is -2.83. The molecule has 8 heteroatoms. The van der Waals surface area contributed by atoms with E-state index < -0.39 is 29.6 Å². The van der Waals surface area contributed by atoms with Crippen molar-refractivity contribution in [2.24, 2.45) is 11.8 Å². The molecule has 2 aromatic carbocycles. The monoisotopic (exact) mass is 432 g/mol. The molecule has 0 aliphatic heterocycles. The number of carboxylic acids is 1. The zero-order valence-electron chi connectivity index (χ0n) is 15.2. The van der Waals surface area contributed by atoms with Crippen LogP contribution in [0, 0.1) is 11.8 Å². The fourth-order valence-electron chi connectivity index (χ4n) is 3.18. The third-order valence-corrected chi connectivity index (χ3v) is 5.53. The Balaban J connectivity index is 1.80. The lowest BCUT2D eigenvalue weighted by Gasteiger charge is -2.24. The fourth-order valence-corrected chi connectivity index (χ4v) is 3.53. The van der Waals surface area contributed by atoms with Crippen LogP contribution in [0.25, 0.3) is 0 Å². The Morgan fingerprint density at radius 3 is 2.24 bits per heavy atom. The second-order valence-electron chi connectivity index (χ2n) is 6.58. The van der Waals surface area contributed by atoms with Gasteiger partial charge in [0.25, 0.3) is 5.91 Å². The standard InChI is InChI=1S/C21H18Cl2N2O4/c22-15-9-5-11-17(18(15)23)25-20(27)14-8-3-4-10-16(14)24-19(26)12-6-1-2-7-13(12)21(28)29/h1-5,8-13H,6-7H2,(H,24,26)(H,25,27)(H,28,29)/t12-,13+/m1/s1. The molecule has 3 N–H and O–H groups in total. The number of hydrogen-bond donors (Lipinski definition) is 3. The summed E-state index contributed by atoms with van der Waals surface area (Å²) in [6.45, 7) is 0. The lowest BCUT2D eigenvalue weighted by molar-refractivity contribution is -0.146. The highest BCUT2D eigenvalue weighted by Gasteiger charge is 2.34. The number of rotatable bonds is 5. The van der Waals surface area contributed by atoms with Crippen molar-refractivity contribution in [1.29, 1.82) is 0 Å². The van der Waals surface area contributed by atoms with Crippen molar-refractivity contribution >= 4 is 52.4 Å². The van der Waals surface area contributed by atoms with Crippen molar-refractivity contribution < 1.29 is 19.5 Å². The van der Waals surface area contributed by atoms with E-state index in [1.807, 2.05) is 0 Å². The highest BCUT2D eigenvalue weighted by molar-refractivity contribution is 6.44. The molecule has 0 unspecified atom stereocenters. The summed E-state index contributed by atoms with van der Waals surface area (Å²) in [6.07, 6.45) is 4.18. The number of benzene rings is 2. The highest BCUT2D eigenvalue weighted by atomic mass is 35.5. The van der Waals surface area contributed by atoms with Gasteiger partial charge in [-0.3, -0.25) is 14.4 Å². The lowest BCUT2D eigenvalue weighted by Crippen LogP contribution is -2.35. The molecule has 150 valence electrons. The van der Waals surface area contributed by atoms with Crippen LogP contribution in [-0.4, -0.2) is 22.9 Å². The van der Waals surface area contributed by atoms with Gasteiger partial charge >= 0.3 is 5.97 Å². The Bertz CT molecular complexity index is 990. The zero-order chi connectivity index (χ0) is 21.0. The second kappa shape index (κ2) is 9.11. The number of halogens is 2. The predicted molar refractivity (Wildman–Crippen MR) is 112 cm³/mol. The summed E-state index contributed by atoms with van der Waals surface area (Å²) >= 11 is 12.1. The van der Waals surface area contributed by atoms with E-state index in [-0.39, 0.29) is 16.3 Å². The van der Waals surface area contributed by atoms with Gasteiger partial charge in [0.2, 0.25) is 5.91 Å². The van der Waals surface area contributed by atoms with Gasteiger partial charge in [0.1, 0.15) is 0 Å². The molecule has 6 nitrogen and oxygen atoms in total. The van der Waals surface area contributed by atoms with Crippen LogP contribution >= 0.6 is 23.2 Å². The number of carbonyl (C=O) groups excluding carboxylic acids is 2. The summed E-state index contributed by atoms with van der Waals surface area (Å²) in [7, 11) is 0. The van der Waals surface area contributed by atoms with Crippen LogP contribution in [0.5, 0.6) is 0 Å². The van der Waals surface area contributed by atoms with Crippen LogP contribution in [0.2, 0.25) is 10.0 Å².